The molecule has 0 bridgehead atoms. The molecule has 1 aromatic heterocycles. The van der Waals surface area contributed by atoms with Crippen LogP contribution in [0.2, 0.25) is 0 Å². The Balaban J connectivity index is 1.98. The fourth-order valence-corrected chi connectivity index (χ4v) is 3.16. The molecule has 1 atom stereocenters. The first-order valence-electron chi connectivity index (χ1n) is 8.82. The summed E-state index contributed by atoms with van der Waals surface area (Å²) in [6.45, 7) is 1.98. The maximum absolute atomic E-state index is 12.1. The Kier molecular flexibility index (Phi) is 7.03. The molecule has 138 valence electrons. The number of carbonyl (C=O) groups excluding carboxylic acids is 2. The van der Waals surface area contributed by atoms with Gasteiger partial charge >= 0.3 is 6.09 Å². The van der Waals surface area contributed by atoms with Crippen molar-refractivity contribution in [3.63, 3.8) is 0 Å². The van der Waals surface area contributed by atoms with Crippen LogP contribution in [0.15, 0.2) is 18.3 Å². The molecule has 2 rings (SSSR count). The van der Waals surface area contributed by atoms with Gasteiger partial charge in [0.1, 0.15) is 11.9 Å². The van der Waals surface area contributed by atoms with Crippen LogP contribution >= 0.6 is 0 Å². The number of hydrogen-bond donors (Lipinski definition) is 2. The minimum atomic E-state index is -0.663. The number of amides is 2. The predicted octanol–water partition coefficient (Wildman–Crippen LogP) is 2.21. The van der Waals surface area contributed by atoms with Gasteiger partial charge in [-0.2, -0.15) is 0 Å². The van der Waals surface area contributed by atoms with E-state index in [1.807, 2.05) is 12.1 Å². The lowest BCUT2D eigenvalue weighted by Gasteiger charge is -2.33. The minimum absolute atomic E-state index is 0.263. The summed E-state index contributed by atoms with van der Waals surface area (Å²) in [5, 5.41) is 5.31. The normalized spacial score (nSPS) is 16.0. The molecular formula is C18H28N4O3. The van der Waals surface area contributed by atoms with Gasteiger partial charge < -0.3 is 20.3 Å². The van der Waals surface area contributed by atoms with Gasteiger partial charge in [0.2, 0.25) is 5.91 Å². The number of nitrogens with zero attached hydrogens (tertiary/aromatic N) is 2. The molecule has 0 spiro atoms. The Morgan fingerprint density at radius 2 is 2.08 bits per heavy atom. The first-order valence-corrected chi connectivity index (χ1v) is 8.82. The van der Waals surface area contributed by atoms with E-state index in [0.29, 0.717) is 12.6 Å². The third-order valence-electron chi connectivity index (χ3n) is 4.69. The van der Waals surface area contributed by atoms with Crippen LogP contribution in [0.3, 0.4) is 0 Å². The van der Waals surface area contributed by atoms with Gasteiger partial charge in [0.25, 0.3) is 0 Å². The molecule has 1 aromatic rings. The SMILES string of the molecule is COC(=O)N[C@@H](C)C(=O)NCc1cccnc1N(C)C1CCCCC1. The van der Waals surface area contributed by atoms with Crippen molar-refractivity contribution in [3.05, 3.63) is 23.9 Å². The first-order chi connectivity index (χ1) is 12.0. The van der Waals surface area contributed by atoms with Crippen LogP contribution in [0.4, 0.5) is 10.6 Å². The van der Waals surface area contributed by atoms with Crippen molar-refractivity contribution >= 4 is 17.8 Å². The number of pyridine rings is 1. The summed E-state index contributed by atoms with van der Waals surface area (Å²) in [4.78, 5) is 30.1. The fourth-order valence-electron chi connectivity index (χ4n) is 3.16. The van der Waals surface area contributed by atoms with Gasteiger partial charge in [0, 0.05) is 31.4 Å². The number of aromatic nitrogens is 1. The van der Waals surface area contributed by atoms with E-state index in [4.69, 9.17) is 0 Å². The Bertz CT molecular complexity index is 587. The number of nitrogens with one attached hydrogen (secondary N) is 2. The average Bonchev–Trinajstić information content (AvgIpc) is 2.66. The fraction of sp³-hybridized carbons (Fsp3) is 0.611. The van der Waals surface area contributed by atoms with Gasteiger partial charge in [-0.3, -0.25) is 4.79 Å². The van der Waals surface area contributed by atoms with E-state index in [1.54, 1.807) is 13.1 Å². The lowest BCUT2D eigenvalue weighted by Crippen LogP contribution is -2.44. The third-order valence-corrected chi connectivity index (χ3v) is 4.69. The van der Waals surface area contributed by atoms with Gasteiger partial charge in [0.15, 0.2) is 0 Å². The van der Waals surface area contributed by atoms with Crippen LogP contribution < -0.4 is 15.5 Å². The van der Waals surface area contributed by atoms with E-state index in [9.17, 15) is 9.59 Å². The second-order valence-electron chi connectivity index (χ2n) is 6.46. The van der Waals surface area contributed by atoms with E-state index in [-0.39, 0.29) is 5.91 Å². The number of anilines is 1. The molecule has 2 amide bonds. The number of methoxy groups -OCH3 is 1. The molecule has 1 heterocycles. The zero-order valence-corrected chi connectivity index (χ0v) is 15.2. The lowest BCUT2D eigenvalue weighted by atomic mass is 9.94. The molecule has 1 fully saturated rings. The van der Waals surface area contributed by atoms with E-state index in [0.717, 1.165) is 11.4 Å². The topological polar surface area (TPSA) is 83.6 Å². The Morgan fingerprint density at radius 3 is 2.76 bits per heavy atom. The average molecular weight is 348 g/mol. The maximum Gasteiger partial charge on any atom is 0.407 e. The summed E-state index contributed by atoms with van der Waals surface area (Å²) in [6.07, 6.45) is 7.33. The summed E-state index contributed by atoms with van der Waals surface area (Å²) in [6, 6.07) is 3.68. The smallest absolute Gasteiger partial charge is 0.407 e. The van der Waals surface area contributed by atoms with Crippen molar-refractivity contribution in [1.82, 2.24) is 15.6 Å². The number of hydrogen-bond acceptors (Lipinski definition) is 5. The molecule has 0 aromatic carbocycles. The van der Waals surface area contributed by atoms with Crippen molar-refractivity contribution < 1.29 is 14.3 Å². The van der Waals surface area contributed by atoms with E-state index in [1.165, 1.54) is 39.2 Å². The van der Waals surface area contributed by atoms with Crippen LogP contribution in [0.5, 0.6) is 0 Å². The van der Waals surface area contributed by atoms with E-state index >= 15 is 0 Å². The van der Waals surface area contributed by atoms with E-state index in [2.05, 4.69) is 32.3 Å². The van der Waals surface area contributed by atoms with Crippen LogP contribution in [0.1, 0.15) is 44.6 Å². The third kappa shape index (κ3) is 5.34. The maximum atomic E-state index is 12.1. The van der Waals surface area contributed by atoms with Crippen molar-refractivity contribution in [3.8, 4) is 0 Å². The Morgan fingerprint density at radius 1 is 1.36 bits per heavy atom. The Labute approximate surface area is 149 Å². The minimum Gasteiger partial charge on any atom is -0.453 e. The van der Waals surface area contributed by atoms with Crippen LogP contribution in [0.25, 0.3) is 0 Å². The molecule has 0 aliphatic heterocycles. The standard InChI is InChI=1S/C18H28N4O3/c1-13(21-18(24)25-3)17(23)20-12-14-8-7-11-19-16(14)22(2)15-9-5-4-6-10-15/h7-8,11,13,15H,4-6,9-10,12H2,1-3H3,(H,20,23)(H,21,24)/t13-/m0/s1. The zero-order valence-electron chi connectivity index (χ0n) is 15.2. The van der Waals surface area contributed by atoms with Crippen molar-refractivity contribution in [2.24, 2.45) is 0 Å². The highest BCUT2D eigenvalue weighted by atomic mass is 16.5. The van der Waals surface area contributed by atoms with Gasteiger partial charge in [-0.25, -0.2) is 9.78 Å². The predicted molar refractivity (Wildman–Crippen MR) is 96.4 cm³/mol. The molecule has 0 unspecified atom stereocenters. The molecule has 7 nitrogen and oxygen atoms in total. The van der Waals surface area contributed by atoms with Crippen molar-refractivity contribution in [2.45, 2.75) is 57.7 Å². The number of rotatable bonds is 6. The molecule has 1 saturated carbocycles. The lowest BCUT2D eigenvalue weighted by molar-refractivity contribution is -0.122. The summed E-state index contributed by atoms with van der Waals surface area (Å²) < 4.78 is 4.50. The second-order valence-corrected chi connectivity index (χ2v) is 6.46. The molecule has 0 radical (unpaired) electrons. The number of alkyl carbamates (subject to hydrolysis) is 1. The number of ether oxygens (including phenoxy) is 1. The quantitative estimate of drug-likeness (QED) is 0.823. The molecule has 1 aliphatic carbocycles. The van der Waals surface area contributed by atoms with Gasteiger partial charge in [-0.1, -0.05) is 25.3 Å². The van der Waals surface area contributed by atoms with Crippen LogP contribution in [-0.4, -0.2) is 43.2 Å². The largest absolute Gasteiger partial charge is 0.453 e. The summed E-state index contributed by atoms with van der Waals surface area (Å²) >= 11 is 0. The molecule has 2 N–H and O–H groups in total. The molecule has 0 saturated heterocycles. The molecule has 1 aliphatic rings. The molecule has 7 heteroatoms. The van der Waals surface area contributed by atoms with Gasteiger partial charge in [0.05, 0.1) is 7.11 Å². The summed E-state index contributed by atoms with van der Waals surface area (Å²) in [7, 11) is 3.34. The number of carbonyl (C=O) groups is 2. The highest BCUT2D eigenvalue weighted by Gasteiger charge is 2.21. The summed E-state index contributed by atoms with van der Waals surface area (Å²) in [5.41, 5.74) is 0.967. The van der Waals surface area contributed by atoms with Gasteiger partial charge in [-0.05, 0) is 25.8 Å². The van der Waals surface area contributed by atoms with Crippen molar-refractivity contribution in [2.75, 3.05) is 19.1 Å². The highest BCUT2D eigenvalue weighted by Crippen LogP contribution is 2.26. The van der Waals surface area contributed by atoms with Gasteiger partial charge in [-0.15, -0.1) is 0 Å². The summed E-state index contributed by atoms with van der Waals surface area (Å²) in [5.74, 6) is 0.642. The van der Waals surface area contributed by atoms with Crippen LogP contribution in [0, 0.1) is 0 Å². The van der Waals surface area contributed by atoms with E-state index < -0.39 is 12.1 Å². The van der Waals surface area contributed by atoms with Crippen LogP contribution in [-0.2, 0) is 16.1 Å². The molecule has 25 heavy (non-hydrogen) atoms. The highest BCUT2D eigenvalue weighted by molar-refractivity contribution is 5.85. The monoisotopic (exact) mass is 348 g/mol. The first kappa shape index (κ1) is 19.0. The van der Waals surface area contributed by atoms with Crippen molar-refractivity contribution in [1.29, 1.82) is 0 Å². The second kappa shape index (κ2) is 9.25. The Hall–Kier alpha value is -2.31. The molecular weight excluding hydrogens is 320 g/mol. The zero-order chi connectivity index (χ0) is 18.2.